The zero-order valence-corrected chi connectivity index (χ0v) is 17.4. The molecule has 1 saturated heterocycles. The van der Waals surface area contributed by atoms with Crippen molar-refractivity contribution >= 4 is 21.8 Å². The number of sulfone groups is 1. The summed E-state index contributed by atoms with van der Waals surface area (Å²) in [5.74, 6) is -0.552. The molecule has 1 N–H and O–H groups in total. The molecule has 2 amide bonds. The largest absolute Gasteiger partial charge is 0.444 e. The number of carbonyl (C=O) groups is 2. The van der Waals surface area contributed by atoms with Crippen molar-refractivity contribution in [2.45, 2.75) is 76.3 Å². The SMILES string of the molecule is CC(C)CS(=O)(=O)C1CC(C(=O)NC2(C#N)CC2)N(C(=O)OC(C)(C)C)C1. The highest BCUT2D eigenvalue weighted by Gasteiger charge is 2.50. The van der Waals surface area contributed by atoms with Crippen molar-refractivity contribution < 1.29 is 22.7 Å². The highest BCUT2D eigenvalue weighted by molar-refractivity contribution is 7.92. The van der Waals surface area contributed by atoms with E-state index in [1.54, 1.807) is 20.8 Å². The molecule has 0 aromatic carbocycles. The summed E-state index contributed by atoms with van der Waals surface area (Å²) in [6, 6.07) is 1.11. The van der Waals surface area contributed by atoms with Gasteiger partial charge >= 0.3 is 6.09 Å². The van der Waals surface area contributed by atoms with Gasteiger partial charge in [0.2, 0.25) is 5.91 Å². The normalized spacial score (nSPS) is 24.4. The van der Waals surface area contributed by atoms with E-state index in [9.17, 15) is 23.3 Å². The van der Waals surface area contributed by atoms with Crippen LogP contribution >= 0.6 is 0 Å². The molecule has 9 heteroatoms. The summed E-state index contributed by atoms with van der Waals surface area (Å²) in [7, 11) is -3.46. The number of nitriles is 1. The third kappa shape index (κ3) is 5.34. The van der Waals surface area contributed by atoms with Gasteiger partial charge in [0.05, 0.1) is 17.1 Å². The van der Waals surface area contributed by atoms with Crippen LogP contribution in [-0.4, -0.2) is 60.0 Å². The Bertz CT molecular complexity index is 744. The Labute approximate surface area is 161 Å². The second kappa shape index (κ2) is 7.30. The molecule has 1 aliphatic carbocycles. The average molecular weight is 400 g/mol. The maximum atomic E-state index is 12.7. The summed E-state index contributed by atoms with van der Waals surface area (Å²) in [6.07, 6.45) is 0.418. The van der Waals surface area contributed by atoms with Crippen LogP contribution in [0.1, 0.15) is 53.9 Å². The van der Waals surface area contributed by atoms with Crippen molar-refractivity contribution in [3.05, 3.63) is 0 Å². The van der Waals surface area contributed by atoms with Gasteiger partial charge in [0.1, 0.15) is 17.2 Å². The second-order valence-corrected chi connectivity index (χ2v) is 11.2. The predicted octanol–water partition coefficient (Wildman–Crippen LogP) is 1.61. The van der Waals surface area contributed by atoms with Gasteiger partial charge in [-0.15, -0.1) is 0 Å². The summed E-state index contributed by atoms with van der Waals surface area (Å²) >= 11 is 0. The van der Waals surface area contributed by atoms with Gasteiger partial charge in [-0.3, -0.25) is 9.69 Å². The Balaban J connectivity index is 2.22. The molecule has 152 valence electrons. The summed E-state index contributed by atoms with van der Waals surface area (Å²) < 4.78 is 30.7. The van der Waals surface area contributed by atoms with Crippen LogP contribution in [0.25, 0.3) is 0 Å². The number of likely N-dealkylation sites (tertiary alicyclic amines) is 1. The molecular weight excluding hydrogens is 370 g/mol. The quantitative estimate of drug-likeness (QED) is 0.751. The van der Waals surface area contributed by atoms with Crippen LogP contribution in [0, 0.1) is 17.2 Å². The van der Waals surface area contributed by atoms with Crippen molar-refractivity contribution in [2.24, 2.45) is 5.92 Å². The van der Waals surface area contributed by atoms with E-state index >= 15 is 0 Å². The molecule has 2 rings (SSSR count). The van der Waals surface area contributed by atoms with Crippen molar-refractivity contribution in [1.29, 1.82) is 5.26 Å². The first-order valence-electron chi connectivity index (χ1n) is 9.23. The first-order chi connectivity index (χ1) is 12.3. The molecule has 2 aliphatic rings. The molecule has 0 aromatic heterocycles. The van der Waals surface area contributed by atoms with E-state index in [2.05, 4.69) is 11.4 Å². The van der Waals surface area contributed by atoms with E-state index in [1.807, 2.05) is 13.8 Å². The molecule has 1 heterocycles. The lowest BCUT2D eigenvalue weighted by Crippen LogP contribution is -2.50. The minimum atomic E-state index is -3.46. The fourth-order valence-electron chi connectivity index (χ4n) is 3.14. The van der Waals surface area contributed by atoms with Gasteiger partial charge in [-0.2, -0.15) is 5.26 Å². The first kappa shape index (κ1) is 21.5. The number of hydrogen-bond acceptors (Lipinski definition) is 6. The Kier molecular flexibility index (Phi) is 5.81. The van der Waals surface area contributed by atoms with Crippen molar-refractivity contribution in [3.63, 3.8) is 0 Å². The van der Waals surface area contributed by atoms with E-state index in [-0.39, 0.29) is 24.6 Å². The summed E-state index contributed by atoms with van der Waals surface area (Å²) in [5.41, 5.74) is -1.65. The maximum absolute atomic E-state index is 12.7. The van der Waals surface area contributed by atoms with Crippen molar-refractivity contribution in [1.82, 2.24) is 10.2 Å². The summed E-state index contributed by atoms with van der Waals surface area (Å²) in [4.78, 5) is 26.5. The molecule has 27 heavy (non-hydrogen) atoms. The first-order valence-corrected chi connectivity index (χ1v) is 10.9. The smallest absolute Gasteiger partial charge is 0.411 e. The third-order valence-electron chi connectivity index (χ3n) is 4.59. The lowest BCUT2D eigenvalue weighted by atomic mass is 10.2. The fourth-order valence-corrected chi connectivity index (χ4v) is 5.20. The maximum Gasteiger partial charge on any atom is 0.411 e. The minimum absolute atomic E-state index is 0.00367. The second-order valence-electron chi connectivity index (χ2n) is 8.91. The molecule has 0 bridgehead atoms. The van der Waals surface area contributed by atoms with Gasteiger partial charge in [-0.05, 0) is 46.0 Å². The van der Waals surface area contributed by atoms with E-state index in [0.717, 1.165) is 0 Å². The number of nitrogens with one attached hydrogen (secondary N) is 1. The molecule has 0 aromatic rings. The van der Waals surface area contributed by atoms with Gasteiger partial charge < -0.3 is 10.1 Å². The number of nitrogens with zero attached hydrogens (tertiary/aromatic N) is 2. The standard InChI is InChI=1S/C18H29N3O5S/c1-12(2)10-27(24,25)13-8-14(15(22)20-18(11-19)6-7-18)21(9-13)16(23)26-17(3,4)5/h12-14H,6-10H2,1-5H3,(H,20,22). The summed E-state index contributed by atoms with van der Waals surface area (Å²) in [5, 5.41) is 11.0. The van der Waals surface area contributed by atoms with Gasteiger partial charge in [0.25, 0.3) is 0 Å². The van der Waals surface area contributed by atoms with E-state index < -0.39 is 44.3 Å². The lowest BCUT2D eigenvalue weighted by Gasteiger charge is -2.28. The third-order valence-corrected chi connectivity index (χ3v) is 7.08. The Morgan fingerprint density at radius 2 is 1.93 bits per heavy atom. The Hall–Kier alpha value is -1.82. The van der Waals surface area contributed by atoms with Crippen LogP contribution in [0.5, 0.6) is 0 Å². The summed E-state index contributed by atoms with van der Waals surface area (Å²) in [6.45, 7) is 8.66. The number of amides is 2. The highest BCUT2D eigenvalue weighted by Crippen LogP contribution is 2.35. The molecule has 1 aliphatic heterocycles. The molecular formula is C18H29N3O5S. The number of carbonyl (C=O) groups excluding carboxylic acids is 2. The van der Waals surface area contributed by atoms with Crippen molar-refractivity contribution in [2.75, 3.05) is 12.3 Å². The predicted molar refractivity (Wildman–Crippen MR) is 99.5 cm³/mol. The monoisotopic (exact) mass is 399 g/mol. The average Bonchev–Trinajstić information content (AvgIpc) is 3.09. The minimum Gasteiger partial charge on any atom is -0.444 e. The Morgan fingerprint density at radius 1 is 1.33 bits per heavy atom. The Morgan fingerprint density at radius 3 is 2.37 bits per heavy atom. The van der Waals surface area contributed by atoms with Crippen LogP contribution in [-0.2, 0) is 19.4 Å². The van der Waals surface area contributed by atoms with Crippen LogP contribution in [0.3, 0.4) is 0 Å². The van der Waals surface area contributed by atoms with Crippen LogP contribution in [0.2, 0.25) is 0 Å². The van der Waals surface area contributed by atoms with Crippen molar-refractivity contribution in [3.8, 4) is 6.07 Å². The van der Waals surface area contributed by atoms with Crippen LogP contribution in [0.15, 0.2) is 0 Å². The number of hydrogen-bond donors (Lipinski definition) is 1. The molecule has 0 spiro atoms. The highest BCUT2D eigenvalue weighted by atomic mass is 32.2. The van der Waals surface area contributed by atoms with Gasteiger partial charge in [0.15, 0.2) is 9.84 Å². The van der Waals surface area contributed by atoms with Gasteiger partial charge in [-0.1, -0.05) is 13.8 Å². The van der Waals surface area contributed by atoms with Crippen LogP contribution < -0.4 is 5.32 Å². The van der Waals surface area contributed by atoms with E-state index in [0.29, 0.717) is 12.8 Å². The number of ether oxygens (including phenoxy) is 1. The zero-order valence-electron chi connectivity index (χ0n) is 16.6. The van der Waals surface area contributed by atoms with E-state index in [1.165, 1.54) is 4.90 Å². The molecule has 2 atom stereocenters. The molecule has 1 saturated carbocycles. The molecule has 0 radical (unpaired) electrons. The van der Waals surface area contributed by atoms with Gasteiger partial charge in [0, 0.05) is 6.54 Å². The zero-order chi connectivity index (χ0) is 20.6. The van der Waals surface area contributed by atoms with Gasteiger partial charge in [-0.25, -0.2) is 13.2 Å². The fraction of sp³-hybridized carbons (Fsp3) is 0.833. The topological polar surface area (TPSA) is 117 Å². The molecule has 2 fully saturated rings. The number of rotatable bonds is 5. The molecule has 2 unspecified atom stereocenters. The van der Waals surface area contributed by atoms with Crippen LogP contribution in [0.4, 0.5) is 4.79 Å². The molecule has 8 nitrogen and oxygen atoms in total. The lowest BCUT2D eigenvalue weighted by molar-refractivity contribution is -0.126. The van der Waals surface area contributed by atoms with E-state index in [4.69, 9.17) is 4.74 Å².